The monoisotopic (exact) mass is 214 g/mol. The zero-order chi connectivity index (χ0) is 11.7. The maximum Gasteiger partial charge on any atom is 0.152 e. The predicted molar refractivity (Wildman–Crippen MR) is 63.2 cm³/mol. The average molecular weight is 214 g/mol. The van der Waals surface area contributed by atoms with Crippen LogP contribution in [0.2, 0.25) is 0 Å². The smallest absolute Gasteiger partial charge is 0.152 e. The Bertz CT molecular complexity index is 541. The molecule has 0 bridgehead atoms. The van der Waals surface area contributed by atoms with Crippen molar-refractivity contribution in [2.75, 3.05) is 0 Å². The summed E-state index contributed by atoms with van der Waals surface area (Å²) in [7, 11) is 0. The fourth-order valence-corrected chi connectivity index (χ4v) is 1.74. The lowest BCUT2D eigenvalue weighted by Gasteiger charge is -2.06. The fraction of sp³-hybridized carbons (Fsp3) is 0.231. The second-order valence-electron chi connectivity index (χ2n) is 3.88. The van der Waals surface area contributed by atoms with Gasteiger partial charge < -0.3 is 0 Å². The van der Waals surface area contributed by atoms with Crippen LogP contribution >= 0.6 is 0 Å². The van der Waals surface area contributed by atoms with E-state index in [-0.39, 0.29) is 0 Å². The van der Waals surface area contributed by atoms with Crippen LogP contribution in [0.25, 0.3) is 5.69 Å². The molecule has 0 spiro atoms. The Hall–Kier alpha value is -1.90. The van der Waals surface area contributed by atoms with Gasteiger partial charge in [0, 0.05) is 11.3 Å². The first-order valence-electron chi connectivity index (χ1n) is 5.22. The van der Waals surface area contributed by atoms with E-state index in [2.05, 4.69) is 5.10 Å². The van der Waals surface area contributed by atoms with Crippen molar-refractivity contribution in [2.24, 2.45) is 0 Å². The van der Waals surface area contributed by atoms with Crippen LogP contribution in [0.15, 0.2) is 24.3 Å². The molecule has 0 fully saturated rings. The van der Waals surface area contributed by atoms with Gasteiger partial charge in [-0.3, -0.25) is 4.79 Å². The molecular formula is C13H14N2O. The van der Waals surface area contributed by atoms with Crippen molar-refractivity contribution < 1.29 is 4.79 Å². The molecule has 0 saturated heterocycles. The standard InChI is InChI=1S/C13H14N2O/c1-9-10(2)14-15(11(9)3)13-7-5-4-6-12(13)8-16/h4-8H,1-3H3. The highest BCUT2D eigenvalue weighted by molar-refractivity contribution is 5.80. The summed E-state index contributed by atoms with van der Waals surface area (Å²) in [5, 5.41) is 4.45. The van der Waals surface area contributed by atoms with Gasteiger partial charge in [0.15, 0.2) is 6.29 Å². The molecular weight excluding hydrogens is 200 g/mol. The third-order valence-electron chi connectivity index (χ3n) is 2.95. The minimum absolute atomic E-state index is 0.660. The lowest BCUT2D eigenvalue weighted by molar-refractivity contribution is 0.112. The van der Waals surface area contributed by atoms with E-state index >= 15 is 0 Å². The van der Waals surface area contributed by atoms with E-state index in [1.54, 1.807) is 6.07 Å². The summed E-state index contributed by atoms with van der Waals surface area (Å²) in [5.41, 5.74) is 4.74. The maximum absolute atomic E-state index is 11.0. The van der Waals surface area contributed by atoms with E-state index < -0.39 is 0 Å². The zero-order valence-corrected chi connectivity index (χ0v) is 9.69. The van der Waals surface area contributed by atoms with Crippen LogP contribution in [0.4, 0.5) is 0 Å². The fourth-order valence-electron chi connectivity index (χ4n) is 1.74. The van der Waals surface area contributed by atoms with E-state index in [0.29, 0.717) is 5.56 Å². The van der Waals surface area contributed by atoms with Crippen LogP contribution in [-0.2, 0) is 0 Å². The van der Waals surface area contributed by atoms with Crippen LogP contribution in [0, 0.1) is 20.8 Å². The number of aldehydes is 1. The van der Waals surface area contributed by atoms with Crippen LogP contribution in [-0.4, -0.2) is 16.1 Å². The van der Waals surface area contributed by atoms with Crippen LogP contribution in [0.5, 0.6) is 0 Å². The second kappa shape index (κ2) is 3.93. The number of rotatable bonds is 2. The molecule has 2 rings (SSSR count). The summed E-state index contributed by atoms with van der Waals surface area (Å²) in [5.74, 6) is 0. The lowest BCUT2D eigenvalue weighted by atomic mass is 10.2. The molecule has 0 saturated carbocycles. The number of aromatic nitrogens is 2. The van der Waals surface area contributed by atoms with Gasteiger partial charge in [-0.2, -0.15) is 5.10 Å². The number of carbonyl (C=O) groups excluding carboxylic acids is 1. The van der Waals surface area contributed by atoms with Gasteiger partial charge >= 0.3 is 0 Å². The molecule has 0 radical (unpaired) electrons. The third-order valence-corrected chi connectivity index (χ3v) is 2.95. The number of hydrogen-bond acceptors (Lipinski definition) is 2. The minimum atomic E-state index is 0.660. The van der Waals surface area contributed by atoms with E-state index in [1.165, 1.54) is 5.56 Å². The molecule has 3 nitrogen and oxygen atoms in total. The Kier molecular flexibility index (Phi) is 2.60. The largest absolute Gasteiger partial charge is 0.298 e. The topological polar surface area (TPSA) is 34.9 Å². The van der Waals surface area contributed by atoms with Gasteiger partial charge in [-0.05, 0) is 38.5 Å². The van der Waals surface area contributed by atoms with Gasteiger partial charge in [0.25, 0.3) is 0 Å². The molecule has 82 valence electrons. The highest BCUT2D eigenvalue weighted by atomic mass is 16.1. The highest BCUT2D eigenvalue weighted by Gasteiger charge is 2.11. The molecule has 0 unspecified atom stereocenters. The van der Waals surface area contributed by atoms with E-state index in [1.807, 2.05) is 43.7 Å². The van der Waals surface area contributed by atoms with Gasteiger partial charge in [-0.15, -0.1) is 0 Å². The first-order chi connectivity index (χ1) is 7.65. The zero-order valence-electron chi connectivity index (χ0n) is 9.69. The van der Waals surface area contributed by atoms with Gasteiger partial charge in [-0.25, -0.2) is 4.68 Å². The van der Waals surface area contributed by atoms with Crippen LogP contribution in [0.1, 0.15) is 27.3 Å². The second-order valence-corrected chi connectivity index (χ2v) is 3.88. The Morgan fingerprint density at radius 3 is 2.44 bits per heavy atom. The van der Waals surface area contributed by atoms with Crippen molar-refractivity contribution in [1.82, 2.24) is 9.78 Å². The van der Waals surface area contributed by atoms with Gasteiger partial charge in [-0.1, -0.05) is 12.1 Å². The molecule has 0 aliphatic heterocycles. The van der Waals surface area contributed by atoms with E-state index in [4.69, 9.17) is 0 Å². The van der Waals surface area contributed by atoms with Crippen molar-refractivity contribution in [3.63, 3.8) is 0 Å². The van der Waals surface area contributed by atoms with Crippen molar-refractivity contribution in [1.29, 1.82) is 0 Å². The summed E-state index contributed by atoms with van der Waals surface area (Å²) in [6.07, 6.45) is 0.862. The average Bonchev–Trinajstić information content (AvgIpc) is 2.57. The van der Waals surface area contributed by atoms with Gasteiger partial charge in [0.1, 0.15) is 0 Å². The normalized spacial score (nSPS) is 10.4. The molecule has 16 heavy (non-hydrogen) atoms. The Morgan fingerprint density at radius 1 is 1.19 bits per heavy atom. The molecule has 3 heteroatoms. The number of para-hydroxylation sites is 1. The SMILES string of the molecule is Cc1nn(-c2ccccc2C=O)c(C)c1C. The number of aryl methyl sites for hydroxylation is 1. The molecule has 0 atom stereocenters. The van der Waals surface area contributed by atoms with Gasteiger partial charge in [0.2, 0.25) is 0 Å². The van der Waals surface area contributed by atoms with Crippen molar-refractivity contribution in [2.45, 2.75) is 20.8 Å². The molecule has 1 aromatic heterocycles. The number of nitrogens with zero attached hydrogens (tertiary/aromatic N) is 2. The first-order valence-corrected chi connectivity index (χ1v) is 5.22. The summed E-state index contributed by atoms with van der Waals surface area (Å²) < 4.78 is 1.83. The summed E-state index contributed by atoms with van der Waals surface area (Å²) in [6.45, 7) is 6.02. The molecule has 1 heterocycles. The molecule has 0 aliphatic rings. The lowest BCUT2D eigenvalue weighted by Crippen LogP contribution is -2.02. The molecule has 0 amide bonds. The number of hydrogen-bond donors (Lipinski definition) is 0. The van der Waals surface area contributed by atoms with Crippen molar-refractivity contribution in [3.05, 3.63) is 46.8 Å². The molecule has 2 aromatic rings. The van der Waals surface area contributed by atoms with E-state index in [0.717, 1.165) is 23.4 Å². The van der Waals surface area contributed by atoms with Gasteiger partial charge in [0.05, 0.1) is 11.4 Å². The first kappa shape index (κ1) is 10.6. The Morgan fingerprint density at radius 2 is 1.88 bits per heavy atom. The maximum atomic E-state index is 11.0. The van der Waals surface area contributed by atoms with Crippen molar-refractivity contribution in [3.8, 4) is 5.69 Å². The third kappa shape index (κ3) is 1.54. The number of benzene rings is 1. The Balaban J connectivity index is 2.67. The quantitative estimate of drug-likeness (QED) is 0.720. The van der Waals surface area contributed by atoms with E-state index in [9.17, 15) is 4.79 Å². The molecule has 1 aromatic carbocycles. The summed E-state index contributed by atoms with van der Waals surface area (Å²) >= 11 is 0. The molecule has 0 N–H and O–H groups in total. The van der Waals surface area contributed by atoms with Crippen molar-refractivity contribution >= 4 is 6.29 Å². The van der Waals surface area contributed by atoms with Crippen LogP contribution < -0.4 is 0 Å². The predicted octanol–water partition coefficient (Wildman–Crippen LogP) is 2.61. The summed E-state index contributed by atoms with van der Waals surface area (Å²) in [4.78, 5) is 11.0. The number of carbonyl (C=O) groups is 1. The highest BCUT2D eigenvalue weighted by Crippen LogP contribution is 2.18. The van der Waals surface area contributed by atoms with Crippen LogP contribution in [0.3, 0.4) is 0 Å². The molecule has 0 aliphatic carbocycles. The summed E-state index contributed by atoms with van der Waals surface area (Å²) in [6, 6.07) is 7.47. The Labute approximate surface area is 94.7 Å². The minimum Gasteiger partial charge on any atom is -0.298 e.